The van der Waals surface area contributed by atoms with Gasteiger partial charge >= 0.3 is 0 Å². The number of rotatable bonds is 16. The van der Waals surface area contributed by atoms with Gasteiger partial charge < -0.3 is 15.4 Å². The van der Waals surface area contributed by atoms with Crippen LogP contribution in [0.4, 0.5) is 19.7 Å². The van der Waals surface area contributed by atoms with Crippen LogP contribution in [0.15, 0.2) is 36.4 Å². The fourth-order valence-corrected chi connectivity index (χ4v) is 5.22. The topological polar surface area (TPSA) is 119 Å². The van der Waals surface area contributed by atoms with Gasteiger partial charge in [0.05, 0.1) is 18.7 Å². The lowest BCUT2D eigenvalue weighted by atomic mass is 9.81. The number of amides is 2. The molecule has 1 aliphatic rings. The Bertz CT molecular complexity index is 1280. The number of carbonyl (C=O) groups is 2. The van der Waals surface area contributed by atoms with Gasteiger partial charge in [0, 0.05) is 25.2 Å². The number of aryl methyl sites for hydroxylation is 2. The third-order valence-corrected chi connectivity index (χ3v) is 7.65. The zero-order valence-corrected chi connectivity index (χ0v) is 24.0. The highest BCUT2D eigenvalue weighted by molar-refractivity contribution is 7.15. The summed E-state index contributed by atoms with van der Waals surface area (Å²) in [7, 11) is 0. The highest BCUT2D eigenvalue weighted by Gasteiger charge is 2.48. The van der Waals surface area contributed by atoms with E-state index in [0.717, 1.165) is 47.7 Å². The van der Waals surface area contributed by atoms with Gasteiger partial charge in [-0.25, -0.2) is 8.78 Å². The normalized spacial score (nSPS) is 14.3. The number of ether oxygens (including phenoxy) is 1. The number of halogens is 2. The number of benzene rings is 1. The average Bonchev–Trinajstić information content (AvgIpc) is 3.37. The fraction of sp³-hybridized carbons (Fsp3) is 0.517. The van der Waals surface area contributed by atoms with Gasteiger partial charge in [0.15, 0.2) is 5.82 Å². The summed E-state index contributed by atoms with van der Waals surface area (Å²) < 4.78 is 31.7. The molecule has 0 spiro atoms. The second kappa shape index (κ2) is 14.9. The molecular weight excluding hydrogens is 550 g/mol. The van der Waals surface area contributed by atoms with Crippen LogP contribution in [0.3, 0.4) is 0 Å². The Morgan fingerprint density at radius 2 is 1.80 bits per heavy atom. The lowest BCUT2D eigenvalue weighted by Crippen LogP contribution is -2.42. The first kappa shape index (κ1) is 30.4. The van der Waals surface area contributed by atoms with E-state index in [1.807, 2.05) is 30.3 Å². The van der Waals surface area contributed by atoms with Crippen LogP contribution in [0.1, 0.15) is 74.6 Å². The smallest absolute Gasteiger partial charge is 0.249 e. The minimum Gasteiger partial charge on any atom is -0.494 e. The third kappa shape index (κ3) is 10.1. The molecule has 4 rings (SSSR count). The Morgan fingerprint density at radius 1 is 0.976 bits per heavy atom. The van der Waals surface area contributed by atoms with E-state index in [1.165, 1.54) is 24.2 Å². The number of nitrogens with one attached hydrogen (secondary N) is 2. The highest BCUT2D eigenvalue weighted by Crippen LogP contribution is 2.42. The number of alkyl halides is 2. The van der Waals surface area contributed by atoms with Gasteiger partial charge in [-0.05, 0) is 55.5 Å². The van der Waals surface area contributed by atoms with E-state index in [4.69, 9.17) is 4.74 Å². The molecule has 41 heavy (non-hydrogen) atoms. The Balaban J connectivity index is 1.12. The molecule has 0 unspecified atom stereocenters. The Kier molecular flexibility index (Phi) is 11.1. The van der Waals surface area contributed by atoms with Gasteiger partial charge in [-0.15, -0.1) is 15.3 Å². The molecule has 0 atom stereocenters. The summed E-state index contributed by atoms with van der Waals surface area (Å²) in [5, 5.41) is 22.8. The van der Waals surface area contributed by atoms with Gasteiger partial charge in [-0.2, -0.15) is 5.10 Å². The molecular formula is C29H36F2N6O3S. The van der Waals surface area contributed by atoms with Gasteiger partial charge in [0.25, 0.3) is 0 Å². The molecule has 0 aliphatic heterocycles. The van der Waals surface area contributed by atoms with Crippen molar-refractivity contribution in [3.8, 4) is 5.75 Å². The predicted octanol–water partition coefficient (Wildman–Crippen LogP) is 6.02. The van der Waals surface area contributed by atoms with E-state index in [9.17, 15) is 18.4 Å². The summed E-state index contributed by atoms with van der Waals surface area (Å²) in [5.74, 6) is -2.83. The van der Waals surface area contributed by atoms with Crippen molar-refractivity contribution in [2.75, 3.05) is 17.2 Å². The lowest BCUT2D eigenvalue weighted by molar-refractivity contribution is -0.145. The van der Waals surface area contributed by atoms with Crippen molar-refractivity contribution in [3.63, 3.8) is 0 Å². The van der Waals surface area contributed by atoms with Crippen molar-refractivity contribution in [1.29, 1.82) is 0 Å². The van der Waals surface area contributed by atoms with Crippen LogP contribution in [0.25, 0.3) is 0 Å². The molecule has 2 aromatic heterocycles. The summed E-state index contributed by atoms with van der Waals surface area (Å²) in [5.41, 5.74) is 1.68. The second-order valence-electron chi connectivity index (χ2n) is 10.3. The first-order chi connectivity index (χ1) is 19.8. The lowest BCUT2D eigenvalue weighted by Gasteiger charge is -2.33. The van der Waals surface area contributed by atoms with Crippen LogP contribution >= 0.6 is 11.3 Å². The highest BCUT2D eigenvalue weighted by atomic mass is 32.1. The average molecular weight is 587 g/mol. The Labute approximate surface area is 242 Å². The fourth-order valence-electron chi connectivity index (χ4n) is 4.44. The van der Waals surface area contributed by atoms with Crippen LogP contribution in [0, 0.1) is 5.92 Å². The van der Waals surface area contributed by atoms with Crippen molar-refractivity contribution < 1.29 is 23.1 Å². The Morgan fingerprint density at radius 3 is 2.56 bits per heavy atom. The van der Waals surface area contributed by atoms with E-state index in [-0.39, 0.29) is 12.3 Å². The Hall–Kier alpha value is -3.54. The largest absolute Gasteiger partial charge is 0.494 e. The van der Waals surface area contributed by atoms with E-state index in [1.54, 1.807) is 6.07 Å². The van der Waals surface area contributed by atoms with Crippen molar-refractivity contribution >= 4 is 34.1 Å². The molecule has 9 nitrogen and oxygen atoms in total. The summed E-state index contributed by atoms with van der Waals surface area (Å²) in [6.45, 7) is 2.85. The van der Waals surface area contributed by atoms with Crippen LogP contribution in [0.2, 0.25) is 0 Å². The maximum absolute atomic E-state index is 13.0. The minimum absolute atomic E-state index is 0.176. The quantitative estimate of drug-likeness (QED) is 0.197. The molecule has 1 fully saturated rings. The van der Waals surface area contributed by atoms with E-state index in [2.05, 4.69) is 38.0 Å². The number of carbonyl (C=O) groups excluding carboxylic acids is 2. The number of aromatic nitrogens is 4. The van der Waals surface area contributed by atoms with Gasteiger partial charge in [0.1, 0.15) is 10.8 Å². The van der Waals surface area contributed by atoms with E-state index >= 15 is 0 Å². The molecule has 1 aromatic carbocycles. The molecule has 1 saturated carbocycles. The molecule has 2 N–H and O–H groups in total. The first-order valence-corrected chi connectivity index (χ1v) is 15.0. The molecule has 0 radical (unpaired) electrons. The predicted molar refractivity (Wildman–Crippen MR) is 153 cm³/mol. The molecule has 3 aromatic rings. The van der Waals surface area contributed by atoms with Gasteiger partial charge in [0.2, 0.25) is 22.9 Å². The third-order valence-electron chi connectivity index (χ3n) is 6.75. The van der Waals surface area contributed by atoms with Crippen LogP contribution in [-0.2, 0) is 28.9 Å². The first-order valence-electron chi connectivity index (χ1n) is 14.1. The standard InChI is InChI=1S/C29H36F2N6O3S/c1-2-3-4-7-15-40-23-11-8-9-20(16-23)17-25(38)32-24-14-13-22(34-35-24)10-5-6-12-26-36-37-28(41-26)33-27(39)21-18-29(30,31)19-21/h8-9,11,13-14,16,21H,2-7,10,12,15,17-19H2,1H3,(H,32,35,38)(H,33,37,39). The summed E-state index contributed by atoms with van der Waals surface area (Å²) in [4.78, 5) is 24.5. The van der Waals surface area contributed by atoms with Crippen LogP contribution in [-0.4, -0.2) is 44.7 Å². The van der Waals surface area contributed by atoms with Crippen LogP contribution < -0.4 is 15.4 Å². The maximum Gasteiger partial charge on any atom is 0.249 e. The van der Waals surface area contributed by atoms with Crippen molar-refractivity contribution in [2.45, 2.75) is 83.5 Å². The van der Waals surface area contributed by atoms with Crippen LogP contribution in [0.5, 0.6) is 5.75 Å². The number of hydrogen-bond donors (Lipinski definition) is 2. The van der Waals surface area contributed by atoms with Crippen molar-refractivity contribution in [3.05, 3.63) is 52.7 Å². The number of nitrogens with zero attached hydrogens (tertiary/aromatic N) is 4. The van der Waals surface area contributed by atoms with Crippen molar-refractivity contribution in [2.24, 2.45) is 5.92 Å². The second-order valence-corrected chi connectivity index (χ2v) is 11.4. The minimum atomic E-state index is -2.73. The maximum atomic E-state index is 13.0. The number of anilines is 2. The summed E-state index contributed by atoms with van der Waals surface area (Å²) >= 11 is 1.26. The molecule has 1 aliphatic carbocycles. The summed E-state index contributed by atoms with van der Waals surface area (Å²) in [6, 6.07) is 11.2. The zero-order valence-electron chi connectivity index (χ0n) is 23.2. The number of hydrogen-bond acceptors (Lipinski definition) is 8. The summed E-state index contributed by atoms with van der Waals surface area (Å²) in [6.07, 6.45) is 7.03. The molecule has 0 bridgehead atoms. The molecule has 2 amide bonds. The van der Waals surface area contributed by atoms with E-state index in [0.29, 0.717) is 30.4 Å². The molecule has 2 heterocycles. The molecule has 12 heteroatoms. The van der Waals surface area contributed by atoms with Gasteiger partial charge in [-0.1, -0.05) is 49.7 Å². The van der Waals surface area contributed by atoms with Crippen molar-refractivity contribution in [1.82, 2.24) is 20.4 Å². The number of unbranched alkanes of at least 4 members (excludes halogenated alkanes) is 4. The molecule has 220 valence electrons. The monoisotopic (exact) mass is 586 g/mol. The van der Waals surface area contributed by atoms with E-state index < -0.39 is 30.6 Å². The zero-order chi connectivity index (χ0) is 29.1. The SMILES string of the molecule is CCCCCCOc1cccc(CC(=O)Nc2ccc(CCCCc3nnc(NC(=O)C4CC(F)(F)C4)s3)nn2)c1. The van der Waals surface area contributed by atoms with Gasteiger partial charge in [-0.3, -0.25) is 9.59 Å². The molecule has 0 saturated heterocycles.